The van der Waals surface area contributed by atoms with E-state index in [1.165, 1.54) is 35.0 Å². The number of hydrogen-bond donors (Lipinski definition) is 2. The van der Waals surface area contributed by atoms with E-state index >= 15 is 0 Å². The highest BCUT2D eigenvalue weighted by atomic mass is 19.1. The zero-order valence-electron chi connectivity index (χ0n) is 12.8. The lowest BCUT2D eigenvalue weighted by Gasteiger charge is -2.14. The Hall–Kier alpha value is -3.17. The Balaban J connectivity index is 1.77. The molecule has 10 heteroatoms. The van der Waals surface area contributed by atoms with E-state index in [4.69, 9.17) is 10.5 Å². The zero-order chi connectivity index (χ0) is 17.3. The topological polar surface area (TPSA) is 115 Å². The van der Waals surface area contributed by atoms with Crippen LogP contribution in [0.4, 0.5) is 20.8 Å². The standard InChI is InChI=1S/C14H15FN6O3/c1-8(22)17-5-10-6-20(14(23)24-10)9-2-3-12(11(15)4-9)21-7-18-13(16)19-21/h2-4,7,10H,5-6H2,1H3,(H2,16,19)(H,17,22)/t10-/m0/s1. The molecule has 24 heavy (non-hydrogen) atoms. The van der Waals surface area contributed by atoms with Crippen molar-refractivity contribution in [2.75, 3.05) is 23.7 Å². The maximum atomic E-state index is 14.3. The van der Waals surface area contributed by atoms with E-state index < -0.39 is 18.0 Å². The summed E-state index contributed by atoms with van der Waals surface area (Å²) in [5, 5.41) is 6.41. The maximum absolute atomic E-state index is 14.3. The molecule has 1 aliphatic heterocycles. The van der Waals surface area contributed by atoms with Crippen molar-refractivity contribution in [1.82, 2.24) is 20.1 Å². The van der Waals surface area contributed by atoms with Crippen LogP contribution in [0, 0.1) is 5.82 Å². The van der Waals surface area contributed by atoms with Gasteiger partial charge in [0.05, 0.1) is 18.8 Å². The summed E-state index contributed by atoms with van der Waals surface area (Å²) in [4.78, 5) is 27.9. The SMILES string of the molecule is CC(=O)NC[C@H]1CN(c2ccc(-n3cnc(N)n3)c(F)c2)C(=O)O1. The summed E-state index contributed by atoms with van der Waals surface area (Å²) >= 11 is 0. The lowest BCUT2D eigenvalue weighted by atomic mass is 10.2. The highest BCUT2D eigenvalue weighted by molar-refractivity contribution is 5.90. The molecule has 3 N–H and O–H groups in total. The zero-order valence-corrected chi connectivity index (χ0v) is 12.8. The van der Waals surface area contributed by atoms with Gasteiger partial charge in [-0.2, -0.15) is 0 Å². The average Bonchev–Trinajstić information content (AvgIpc) is 3.11. The largest absolute Gasteiger partial charge is 0.442 e. The molecular weight excluding hydrogens is 319 g/mol. The molecule has 0 bridgehead atoms. The number of nitrogens with two attached hydrogens (primary N) is 1. The number of carbonyl (C=O) groups excluding carboxylic acids is 2. The van der Waals surface area contributed by atoms with Gasteiger partial charge in [-0.15, -0.1) is 5.10 Å². The van der Waals surface area contributed by atoms with Gasteiger partial charge in [0, 0.05) is 6.92 Å². The maximum Gasteiger partial charge on any atom is 0.414 e. The van der Waals surface area contributed by atoms with E-state index in [0.29, 0.717) is 5.69 Å². The molecule has 1 aromatic heterocycles. The molecule has 0 radical (unpaired) electrons. The van der Waals surface area contributed by atoms with E-state index in [1.54, 1.807) is 6.07 Å². The van der Waals surface area contributed by atoms with Crippen LogP contribution in [-0.4, -0.2) is 46.0 Å². The number of amides is 2. The fourth-order valence-electron chi connectivity index (χ4n) is 2.34. The number of hydrogen-bond acceptors (Lipinski definition) is 6. The first-order chi connectivity index (χ1) is 11.4. The number of cyclic esters (lactones) is 1. The second-order valence-electron chi connectivity index (χ2n) is 5.24. The minimum absolute atomic E-state index is 0.0300. The Morgan fingerprint density at radius 2 is 2.33 bits per heavy atom. The minimum atomic E-state index is -0.595. The summed E-state index contributed by atoms with van der Waals surface area (Å²) in [7, 11) is 0. The van der Waals surface area contributed by atoms with Crippen molar-refractivity contribution in [1.29, 1.82) is 0 Å². The lowest BCUT2D eigenvalue weighted by Crippen LogP contribution is -2.33. The third kappa shape index (κ3) is 3.12. The second-order valence-corrected chi connectivity index (χ2v) is 5.24. The fraction of sp³-hybridized carbons (Fsp3) is 0.286. The molecule has 1 aliphatic rings. The number of aromatic nitrogens is 3. The van der Waals surface area contributed by atoms with Crippen LogP contribution < -0.4 is 16.0 Å². The molecule has 2 heterocycles. The van der Waals surface area contributed by atoms with Crippen LogP contribution in [-0.2, 0) is 9.53 Å². The van der Waals surface area contributed by atoms with Crippen molar-refractivity contribution in [3.8, 4) is 5.69 Å². The summed E-state index contributed by atoms with van der Waals surface area (Å²) in [6, 6.07) is 4.24. The molecule has 2 aromatic rings. The molecule has 3 rings (SSSR count). The van der Waals surface area contributed by atoms with Gasteiger partial charge in [0.2, 0.25) is 11.9 Å². The van der Waals surface area contributed by atoms with Crippen molar-refractivity contribution in [2.24, 2.45) is 0 Å². The molecule has 2 amide bonds. The van der Waals surface area contributed by atoms with Crippen molar-refractivity contribution >= 4 is 23.6 Å². The smallest absolute Gasteiger partial charge is 0.414 e. The first kappa shape index (κ1) is 15.7. The number of halogens is 1. The number of nitrogens with one attached hydrogen (secondary N) is 1. The van der Waals surface area contributed by atoms with Crippen molar-refractivity contribution < 1.29 is 18.7 Å². The van der Waals surface area contributed by atoms with E-state index in [0.717, 1.165) is 0 Å². The monoisotopic (exact) mass is 334 g/mol. The van der Waals surface area contributed by atoms with Gasteiger partial charge in [-0.25, -0.2) is 18.9 Å². The van der Waals surface area contributed by atoms with Crippen LogP contribution in [0.5, 0.6) is 0 Å². The van der Waals surface area contributed by atoms with E-state index in [9.17, 15) is 14.0 Å². The third-order valence-electron chi connectivity index (χ3n) is 3.45. The molecule has 0 spiro atoms. The highest BCUT2D eigenvalue weighted by Crippen LogP contribution is 2.25. The first-order valence-corrected chi connectivity index (χ1v) is 7.13. The minimum Gasteiger partial charge on any atom is -0.442 e. The van der Waals surface area contributed by atoms with Gasteiger partial charge in [-0.3, -0.25) is 9.69 Å². The predicted octanol–water partition coefficient (Wildman–Crippen LogP) is 0.450. The highest BCUT2D eigenvalue weighted by Gasteiger charge is 2.32. The summed E-state index contributed by atoms with van der Waals surface area (Å²) in [5.41, 5.74) is 5.92. The van der Waals surface area contributed by atoms with Crippen LogP contribution in [0.25, 0.3) is 5.69 Å². The fourth-order valence-corrected chi connectivity index (χ4v) is 2.34. The van der Waals surface area contributed by atoms with Gasteiger partial charge in [0.15, 0.2) is 5.82 Å². The van der Waals surface area contributed by atoms with Crippen molar-refractivity contribution in [3.63, 3.8) is 0 Å². The third-order valence-corrected chi connectivity index (χ3v) is 3.45. The molecule has 9 nitrogen and oxygen atoms in total. The molecule has 126 valence electrons. The van der Waals surface area contributed by atoms with Crippen LogP contribution >= 0.6 is 0 Å². The first-order valence-electron chi connectivity index (χ1n) is 7.13. The Morgan fingerprint density at radius 3 is 2.96 bits per heavy atom. The Morgan fingerprint density at radius 1 is 1.54 bits per heavy atom. The van der Waals surface area contributed by atoms with Crippen LogP contribution in [0.15, 0.2) is 24.5 Å². The number of anilines is 2. The van der Waals surface area contributed by atoms with Gasteiger partial charge < -0.3 is 15.8 Å². The number of nitrogens with zero attached hydrogens (tertiary/aromatic N) is 4. The predicted molar refractivity (Wildman–Crippen MR) is 82.0 cm³/mol. The van der Waals surface area contributed by atoms with Crippen LogP contribution in [0.1, 0.15) is 6.92 Å². The number of nitrogen functional groups attached to an aromatic ring is 1. The summed E-state index contributed by atoms with van der Waals surface area (Å²) in [6.07, 6.45) is 0.211. The Kier molecular flexibility index (Phi) is 4.02. The molecule has 0 unspecified atom stereocenters. The van der Waals surface area contributed by atoms with Gasteiger partial charge >= 0.3 is 6.09 Å². The molecule has 1 saturated heterocycles. The Bertz CT molecular complexity index is 793. The van der Waals surface area contributed by atoms with Crippen molar-refractivity contribution in [3.05, 3.63) is 30.3 Å². The molecule has 1 aromatic carbocycles. The number of rotatable bonds is 4. The number of ether oxygens (including phenoxy) is 1. The number of benzene rings is 1. The summed E-state index contributed by atoms with van der Waals surface area (Å²) in [6.45, 7) is 1.80. The van der Waals surface area contributed by atoms with Gasteiger partial charge in [0.1, 0.15) is 18.1 Å². The van der Waals surface area contributed by atoms with E-state index in [1.807, 2.05) is 0 Å². The quantitative estimate of drug-likeness (QED) is 0.839. The van der Waals surface area contributed by atoms with Gasteiger partial charge in [0.25, 0.3) is 0 Å². The molecule has 1 fully saturated rings. The van der Waals surface area contributed by atoms with Crippen LogP contribution in [0.3, 0.4) is 0 Å². The van der Waals surface area contributed by atoms with Crippen LogP contribution in [0.2, 0.25) is 0 Å². The summed E-state index contributed by atoms with van der Waals surface area (Å²) < 4.78 is 20.7. The average molecular weight is 334 g/mol. The Labute approximate surface area is 136 Å². The molecular formula is C14H15FN6O3. The summed E-state index contributed by atoms with van der Waals surface area (Å²) in [5.74, 6) is -0.773. The molecule has 1 atom stereocenters. The second kappa shape index (κ2) is 6.14. The molecule has 0 aliphatic carbocycles. The van der Waals surface area contributed by atoms with E-state index in [2.05, 4.69) is 15.4 Å². The normalized spacial score (nSPS) is 17.0. The lowest BCUT2D eigenvalue weighted by molar-refractivity contribution is -0.119. The molecule has 0 saturated carbocycles. The van der Waals surface area contributed by atoms with Crippen molar-refractivity contribution in [2.45, 2.75) is 13.0 Å². The van der Waals surface area contributed by atoms with E-state index in [-0.39, 0.29) is 30.6 Å². The number of carbonyl (C=O) groups is 2. The van der Waals surface area contributed by atoms with Gasteiger partial charge in [-0.05, 0) is 18.2 Å². The van der Waals surface area contributed by atoms with Gasteiger partial charge in [-0.1, -0.05) is 0 Å².